The number of carbonyl (C=O) groups excluding carboxylic acids is 1. The van der Waals surface area contributed by atoms with E-state index in [0.29, 0.717) is 12.1 Å². The van der Waals surface area contributed by atoms with E-state index in [9.17, 15) is 4.79 Å². The van der Waals surface area contributed by atoms with Crippen LogP contribution in [0.3, 0.4) is 0 Å². The number of carbonyl (C=O) groups is 1. The molecule has 1 saturated heterocycles. The second-order valence-corrected chi connectivity index (χ2v) is 6.19. The molecule has 2 heterocycles. The third-order valence-corrected chi connectivity index (χ3v) is 4.56. The van der Waals surface area contributed by atoms with Crippen molar-refractivity contribution >= 4 is 11.6 Å². The molecule has 0 unspecified atom stereocenters. The van der Waals surface area contributed by atoms with Gasteiger partial charge in [0.05, 0.1) is 12.1 Å². The number of anilines is 1. The lowest BCUT2D eigenvalue weighted by atomic mass is 10.1. The zero-order chi connectivity index (χ0) is 16.4. The van der Waals surface area contributed by atoms with E-state index in [0.717, 1.165) is 31.9 Å². The average molecular weight is 313 g/mol. The molecule has 3 rings (SSSR count). The van der Waals surface area contributed by atoms with E-state index in [1.807, 2.05) is 17.9 Å². The van der Waals surface area contributed by atoms with Crippen molar-refractivity contribution in [1.82, 2.24) is 10.1 Å². The Morgan fingerprint density at radius 2 is 1.91 bits per heavy atom. The lowest BCUT2D eigenvalue weighted by Gasteiger charge is -2.37. The van der Waals surface area contributed by atoms with Gasteiger partial charge in [0.25, 0.3) is 0 Å². The number of benzene rings is 1. The van der Waals surface area contributed by atoms with Gasteiger partial charge in [0.2, 0.25) is 5.91 Å². The van der Waals surface area contributed by atoms with Gasteiger partial charge in [-0.25, -0.2) is 0 Å². The molecule has 0 bridgehead atoms. The number of rotatable bonds is 3. The van der Waals surface area contributed by atoms with E-state index in [1.54, 1.807) is 0 Å². The van der Waals surface area contributed by atoms with Gasteiger partial charge in [0.15, 0.2) is 0 Å². The maximum Gasteiger partial charge on any atom is 0.228 e. The summed E-state index contributed by atoms with van der Waals surface area (Å²) in [6.45, 7) is 9.38. The zero-order valence-electron chi connectivity index (χ0n) is 14.0. The molecule has 0 saturated carbocycles. The summed E-state index contributed by atoms with van der Waals surface area (Å²) in [7, 11) is 0. The van der Waals surface area contributed by atoms with Crippen LogP contribution in [0.15, 0.2) is 28.8 Å². The van der Waals surface area contributed by atoms with Crippen molar-refractivity contribution in [3.05, 3.63) is 46.8 Å². The Labute approximate surface area is 136 Å². The molecule has 1 aromatic heterocycles. The van der Waals surface area contributed by atoms with Gasteiger partial charge in [-0.05, 0) is 38.0 Å². The van der Waals surface area contributed by atoms with Crippen LogP contribution in [0.25, 0.3) is 0 Å². The lowest BCUT2D eigenvalue weighted by Crippen LogP contribution is -2.49. The molecule has 1 fully saturated rings. The van der Waals surface area contributed by atoms with E-state index in [1.165, 1.54) is 16.8 Å². The van der Waals surface area contributed by atoms with Crippen molar-refractivity contribution < 1.29 is 9.32 Å². The third kappa shape index (κ3) is 3.38. The average Bonchev–Trinajstić information content (AvgIpc) is 2.95. The predicted molar refractivity (Wildman–Crippen MR) is 89.7 cm³/mol. The molecular formula is C18H23N3O2. The van der Waals surface area contributed by atoms with Crippen LogP contribution in [0, 0.1) is 20.8 Å². The van der Waals surface area contributed by atoms with Crippen LogP contribution >= 0.6 is 0 Å². The zero-order valence-corrected chi connectivity index (χ0v) is 14.0. The van der Waals surface area contributed by atoms with E-state index in [2.05, 4.69) is 42.1 Å². The topological polar surface area (TPSA) is 49.6 Å². The second kappa shape index (κ2) is 6.44. The van der Waals surface area contributed by atoms with Crippen molar-refractivity contribution in [3.63, 3.8) is 0 Å². The summed E-state index contributed by atoms with van der Waals surface area (Å²) in [5, 5.41) is 3.90. The molecule has 5 nitrogen and oxygen atoms in total. The van der Waals surface area contributed by atoms with Crippen molar-refractivity contribution in [1.29, 1.82) is 0 Å². The van der Waals surface area contributed by atoms with Crippen molar-refractivity contribution in [2.24, 2.45) is 0 Å². The summed E-state index contributed by atoms with van der Waals surface area (Å²) in [5.41, 5.74) is 4.63. The fraction of sp³-hybridized carbons (Fsp3) is 0.444. The Hall–Kier alpha value is -2.30. The number of aromatic nitrogens is 1. The first-order valence-electron chi connectivity index (χ1n) is 8.06. The normalized spacial score (nSPS) is 15.1. The van der Waals surface area contributed by atoms with Crippen LogP contribution in [-0.4, -0.2) is 42.1 Å². The van der Waals surface area contributed by atoms with E-state index < -0.39 is 0 Å². The summed E-state index contributed by atoms with van der Waals surface area (Å²) in [5.74, 6) is 0.867. The Morgan fingerprint density at radius 3 is 2.57 bits per heavy atom. The third-order valence-electron chi connectivity index (χ3n) is 4.56. The molecule has 2 aromatic rings. The molecule has 5 heteroatoms. The number of piperazine rings is 1. The first-order chi connectivity index (χ1) is 11.0. The van der Waals surface area contributed by atoms with E-state index in [-0.39, 0.29) is 5.91 Å². The molecule has 1 aliphatic heterocycles. The maximum atomic E-state index is 12.4. The standard InChI is InChI=1S/C18H23N3O2/c1-13-5-4-6-17(15(13)3)20-7-9-21(10-8-20)18(22)12-16-11-14(2)23-19-16/h4-6,11H,7-10,12H2,1-3H3. The fourth-order valence-corrected chi connectivity index (χ4v) is 3.04. The fourth-order valence-electron chi connectivity index (χ4n) is 3.04. The molecule has 0 aliphatic carbocycles. The van der Waals surface area contributed by atoms with Crippen LogP contribution in [0.4, 0.5) is 5.69 Å². The minimum absolute atomic E-state index is 0.124. The number of hydrogen-bond donors (Lipinski definition) is 0. The number of aryl methyl sites for hydroxylation is 2. The summed E-state index contributed by atoms with van der Waals surface area (Å²) < 4.78 is 5.02. The molecule has 23 heavy (non-hydrogen) atoms. The minimum Gasteiger partial charge on any atom is -0.368 e. The first-order valence-corrected chi connectivity index (χ1v) is 8.06. The highest BCUT2D eigenvalue weighted by atomic mass is 16.5. The van der Waals surface area contributed by atoms with Gasteiger partial charge in [-0.1, -0.05) is 17.3 Å². The Kier molecular flexibility index (Phi) is 4.37. The quantitative estimate of drug-likeness (QED) is 0.873. The predicted octanol–water partition coefficient (Wildman–Crippen LogP) is 2.49. The summed E-state index contributed by atoms with van der Waals surface area (Å²) in [4.78, 5) is 16.7. The molecule has 1 amide bonds. The lowest BCUT2D eigenvalue weighted by molar-refractivity contribution is -0.130. The van der Waals surface area contributed by atoms with Gasteiger partial charge in [-0.2, -0.15) is 0 Å². The van der Waals surface area contributed by atoms with E-state index >= 15 is 0 Å². The van der Waals surface area contributed by atoms with Gasteiger partial charge in [-0.3, -0.25) is 4.79 Å². The van der Waals surface area contributed by atoms with Crippen molar-refractivity contribution in [2.45, 2.75) is 27.2 Å². The molecule has 0 atom stereocenters. The Morgan fingerprint density at radius 1 is 1.17 bits per heavy atom. The molecule has 0 N–H and O–H groups in total. The first kappa shape index (κ1) is 15.6. The molecule has 1 aromatic carbocycles. The van der Waals surface area contributed by atoms with Crippen molar-refractivity contribution in [3.8, 4) is 0 Å². The second-order valence-electron chi connectivity index (χ2n) is 6.19. The highest BCUT2D eigenvalue weighted by Crippen LogP contribution is 2.24. The number of hydrogen-bond acceptors (Lipinski definition) is 4. The monoisotopic (exact) mass is 313 g/mol. The Bertz CT molecular complexity index is 700. The minimum atomic E-state index is 0.124. The highest BCUT2D eigenvalue weighted by molar-refractivity contribution is 5.78. The van der Waals surface area contributed by atoms with E-state index in [4.69, 9.17) is 4.52 Å². The van der Waals surface area contributed by atoms with Gasteiger partial charge in [0.1, 0.15) is 5.76 Å². The molecular weight excluding hydrogens is 290 g/mol. The summed E-state index contributed by atoms with van der Waals surface area (Å²) >= 11 is 0. The number of amides is 1. The van der Waals surface area contributed by atoms with Gasteiger partial charge in [-0.15, -0.1) is 0 Å². The van der Waals surface area contributed by atoms with Crippen LogP contribution in [0.2, 0.25) is 0 Å². The van der Waals surface area contributed by atoms with Crippen LogP contribution in [0.5, 0.6) is 0 Å². The smallest absolute Gasteiger partial charge is 0.228 e. The molecule has 0 radical (unpaired) electrons. The van der Waals surface area contributed by atoms with Crippen LogP contribution in [0.1, 0.15) is 22.6 Å². The number of nitrogens with zero attached hydrogens (tertiary/aromatic N) is 3. The summed E-state index contributed by atoms with van der Waals surface area (Å²) in [6.07, 6.45) is 0.320. The SMILES string of the molecule is Cc1cc(CC(=O)N2CCN(c3cccc(C)c3C)CC2)no1. The van der Waals surface area contributed by atoms with Gasteiger partial charge < -0.3 is 14.3 Å². The largest absolute Gasteiger partial charge is 0.368 e. The summed E-state index contributed by atoms with van der Waals surface area (Å²) in [6, 6.07) is 8.23. The Balaban J connectivity index is 1.59. The van der Waals surface area contributed by atoms with Gasteiger partial charge in [0, 0.05) is 37.9 Å². The molecule has 1 aliphatic rings. The maximum absolute atomic E-state index is 12.4. The highest BCUT2D eigenvalue weighted by Gasteiger charge is 2.23. The molecule has 0 spiro atoms. The van der Waals surface area contributed by atoms with Gasteiger partial charge >= 0.3 is 0 Å². The van der Waals surface area contributed by atoms with Crippen LogP contribution < -0.4 is 4.90 Å². The molecule has 122 valence electrons. The van der Waals surface area contributed by atoms with Crippen LogP contribution in [-0.2, 0) is 11.2 Å². The van der Waals surface area contributed by atoms with Crippen molar-refractivity contribution in [2.75, 3.05) is 31.1 Å².